The van der Waals surface area contributed by atoms with Crippen LogP contribution in [0, 0.1) is 13.8 Å². The summed E-state index contributed by atoms with van der Waals surface area (Å²) in [7, 11) is 1.13. The molecule has 120 valence electrons. The zero-order chi connectivity index (χ0) is 16.9. The van der Waals surface area contributed by atoms with Gasteiger partial charge in [0.1, 0.15) is 11.9 Å². The maximum Gasteiger partial charge on any atom is 0.340 e. The quantitative estimate of drug-likeness (QED) is 0.263. The molecular formula is C17H21O5-. The van der Waals surface area contributed by atoms with E-state index in [0.29, 0.717) is 12.2 Å². The average molecular weight is 305 g/mol. The number of Topliss-reactive ketones (excluding diaryl/α,β-unsaturated/α-hetero) is 1. The van der Waals surface area contributed by atoms with E-state index in [1.807, 2.05) is 26.0 Å². The van der Waals surface area contributed by atoms with E-state index < -0.39 is 29.2 Å². The van der Waals surface area contributed by atoms with Crippen LogP contribution >= 0.6 is 0 Å². The number of rotatable bonds is 6. The van der Waals surface area contributed by atoms with Crippen LogP contribution in [0.4, 0.5) is 0 Å². The molecule has 0 bridgehead atoms. The highest BCUT2D eigenvalue weighted by molar-refractivity contribution is 6.16. The highest BCUT2D eigenvalue weighted by Crippen LogP contribution is 2.23. The Kier molecular flexibility index (Phi) is 6.16. The van der Waals surface area contributed by atoms with Crippen molar-refractivity contribution in [1.82, 2.24) is 0 Å². The summed E-state index contributed by atoms with van der Waals surface area (Å²) < 4.78 is 10.2. The normalized spacial score (nSPS) is 13.1. The van der Waals surface area contributed by atoms with E-state index in [9.17, 15) is 14.7 Å². The lowest BCUT2D eigenvalue weighted by molar-refractivity contribution is -0.319. The van der Waals surface area contributed by atoms with E-state index in [-0.39, 0.29) is 0 Å². The summed E-state index contributed by atoms with van der Waals surface area (Å²) in [5.41, 5.74) is 1.47. The highest BCUT2D eigenvalue weighted by atomic mass is 16.5. The molecule has 1 atom stereocenters. The van der Waals surface area contributed by atoms with E-state index in [2.05, 4.69) is 4.74 Å². The molecule has 5 heteroatoms. The van der Waals surface area contributed by atoms with Gasteiger partial charge in [-0.1, -0.05) is 30.4 Å². The van der Waals surface area contributed by atoms with Crippen LogP contribution in [0.15, 0.2) is 29.5 Å². The van der Waals surface area contributed by atoms with Crippen molar-refractivity contribution in [2.45, 2.75) is 40.2 Å². The molecule has 5 nitrogen and oxygen atoms in total. The molecule has 0 spiro atoms. The van der Waals surface area contributed by atoms with Crippen LogP contribution in [0.25, 0.3) is 0 Å². The average Bonchev–Trinajstić information content (AvgIpc) is 2.45. The fourth-order valence-corrected chi connectivity index (χ4v) is 2.09. The molecule has 0 radical (unpaired) electrons. The van der Waals surface area contributed by atoms with Crippen LogP contribution in [0.2, 0.25) is 0 Å². The third-order valence-corrected chi connectivity index (χ3v) is 3.25. The number of methoxy groups -OCH3 is 1. The maximum absolute atomic E-state index is 12.4. The van der Waals surface area contributed by atoms with E-state index in [1.165, 1.54) is 0 Å². The predicted octanol–water partition coefficient (Wildman–Crippen LogP) is 1.84. The van der Waals surface area contributed by atoms with Crippen LogP contribution in [0.3, 0.4) is 0 Å². The van der Waals surface area contributed by atoms with Crippen LogP contribution < -0.4 is 9.84 Å². The van der Waals surface area contributed by atoms with Crippen LogP contribution in [0.5, 0.6) is 5.75 Å². The molecule has 0 amide bonds. The van der Waals surface area contributed by atoms with Crippen molar-refractivity contribution in [2.75, 3.05) is 7.11 Å². The van der Waals surface area contributed by atoms with Gasteiger partial charge in [-0.3, -0.25) is 4.79 Å². The second-order valence-electron chi connectivity index (χ2n) is 5.07. The number of hydrogen-bond donors (Lipinski definition) is 0. The second-order valence-corrected chi connectivity index (χ2v) is 5.07. The minimum absolute atomic E-state index is 0.333. The van der Waals surface area contributed by atoms with Crippen LogP contribution in [-0.2, 0) is 14.3 Å². The van der Waals surface area contributed by atoms with Gasteiger partial charge in [0, 0.05) is 0 Å². The summed E-state index contributed by atoms with van der Waals surface area (Å²) in [5, 5.41) is 12.4. The minimum Gasteiger partial charge on any atom is -0.872 e. The van der Waals surface area contributed by atoms with Crippen molar-refractivity contribution in [3.8, 4) is 5.75 Å². The van der Waals surface area contributed by atoms with E-state index in [0.717, 1.165) is 25.2 Å². The van der Waals surface area contributed by atoms with Gasteiger partial charge in [0.15, 0.2) is 5.78 Å². The maximum atomic E-state index is 12.4. The summed E-state index contributed by atoms with van der Waals surface area (Å²) >= 11 is 0. The molecule has 0 fully saturated rings. The number of hydrogen-bond acceptors (Lipinski definition) is 5. The Morgan fingerprint density at radius 2 is 1.91 bits per heavy atom. The smallest absolute Gasteiger partial charge is 0.340 e. The largest absolute Gasteiger partial charge is 0.872 e. The zero-order valence-corrected chi connectivity index (χ0v) is 13.6. The van der Waals surface area contributed by atoms with Crippen LogP contribution in [-0.4, -0.2) is 25.0 Å². The first-order valence-corrected chi connectivity index (χ1v) is 7.06. The molecule has 1 rings (SSSR count). The summed E-state index contributed by atoms with van der Waals surface area (Å²) in [6, 6.07) is 5.57. The van der Waals surface area contributed by atoms with E-state index in [4.69, 9.17) is 4.74 Å². The van der Waals surface area contributed by atoms with Gasteiger partial charge in [-0.25, -0.2) is 4.79 Å². The number of benzene rings is 1. The second kappa shape index (κ2) is 7.64. The Hall–Kier alpha value is -2.30. The Morgan fingerprint density at radius 1 is 1.27 bits per heavy atom. The van der Waals surface area contributed by atoms with E-state index in [1.54, 1.807) is 13.0 Å². The molecule has 0 aliphatic rings. The molecule has 1 unspecified atom stereocenters. The van der Waals surface area contributed by atoms with Crippen molar-refractivity contribution in [1.29, 1.82) is 0 Å². The number of carbonyl (C=O) groups is 2. The zero-order valence-electron chi connectivity index (χ0n) is 13.6. The fourth-order valence-electron chi connectivity index (χ4n) is 2.09. The van der Waals surface area contributed by atoms with Gasteiger partial charge in [-0.2, -0.15) is 0 Å². The number of esters is 1. The summed E-state index contributed by atoms with van der Waals surface area (Å²) in [4.78, 5) is 23.2. The Balaban J connectivity index is 3.18. The lowest BCUT2D eigenvalue weighted by atomic mass is 10.1. The number of aryl methyl sites for hydroxylation is 2. The first kappa shape index (κ1) is 17.8. The van der Waals surface area contributed by atoms with Crippen LogP contribution in [0.1, 0.15) is 31.4 Å². The molecule has 0 saturated heterocycles. The first-order chi connectivity index (χ1) is 10.3. The Bertz CT molecular complexity index is 601. The fraction of sp³-hybridized carbons (Fsp3) is 0.412. The molecule has 1 aromatic rings. The lowest BCUT2D eigenvalue weighted by Crippen LogP contribution is -2.32. The number of carbonyl (C=O) groups excluding carboxylic acids is 2. The van der Waals surface area contributed by atoms with Gasteiger partial charge in [0.25, 0.3) is 0 Å². The van der Waals surface area contributed by atoms with Crippen molar-refractivity contribution in [2.24, 2.45) is 0 Å². The first-order valence-electron chi connectivity index (χ1n) is 7.06. The van der Waals surface area contributed by atoms with Crippen molar-refractivity contribution in [3.05, 3.63) is 40.7 Å². The Labute approximate surface area is 130 Å². The molecule has 0 aromatic heterocycles. The summed E-state index contributed by atoms with van der Waals surface area (Å²) in [5.74, 6) is -1.65. The van der Waals surface area contributed by atoms with Crippen molar-refractivity contribution < 1.29 is 24.2 Å². The molecule has 22 heavy (non-hydrogen) atoms. The molecular weight excluding hydrogens is 284 g/mol. The van der Waals surface area contributed by atoms with Gasteiger partial charge < -0.3 is 14.6 Å². The van der Waals surface area contributed by atoms with Crippen molar-refractivity contribution in [3.63, 3.8) is 0 Å². The third kappa shape index (κ3) is 4.10. The van der Waals surface area contributed by atoms with Gasteiger partial charge in [0.2, 0.25) is 0 Å². The SMILES string of the molecule is CCC(Oc1ccc(C)cc1C)C([O-])=C(C(C)=O)C(=O)OC. The summed E-state index contributed by atoms with van der Waals surface area (Å²) in [6.45, 7) is 6.74. The molecule has 0 N–H and O–H groups in total. The van der Waals surface area contributed by atoms with Gasteiger partial charge in [-0.15, -0.1) is 0 Å². The molecule has 0 aliphatic carbocycles. The lowest BCUT2D eigenvalue weighted by Gasteiger charge is -2.27. The van der Waals surface area contributed by atoms with Gasteiger partial charge in [0.05, 0.1) is 12.7 Å². The topological polar surface area (TPSA) is 75.7 Å². The molecule has 0 heterocycles. The van der Waals surface area contributed by atoms with Gasteiger partial charge in [-0.05, 0) is 38.8 Å². The highest BCUT2D eigenvalue weighted by Gasteiger charge is 2.21. The minimum atomic E-state index is -0.930. The number of ether oxygens (including phenoxy) is 2. The molecule has 1 aromatic carbocycles. The third-order valence-electron chi connectivity index (χ3n) is 3.25. The molecule has 0 aliphatic heterocycles. The number of ketones is 1. The monoisotopic (exact) mass is 305 g/mol. The van der Waals surface area contributed by atoms with Gasteiger partial charge >= 0.3 is 5.97 Å². The van der Waals surface area contributed by atoms with E-state index >= 15 is 0 Å². The Morgan fingerprint density at radius 3 is 2.36 bits per heavy atom. The standard InChI is InChI=1S/C17H22O5/c1-6-13(16(19)15(12(4)18)17(20)21-5)22-14-8-7-10(2)9-11(14)3/h7-9,13,19H,6H2,1-5H3/p-1. The predicted molar refractivity (Wildman–Crippen MR) is 80.3 cm³/mol. The molecule has 0 saturated carbocycles. The summed E-state index contributed by atoms with van der Waals surface area (Å²) in [6.07, 6.45) is -0.570. The van der Waals surface area contributed by atoms with Crippen molar-refractivity contribution >= 4 is 11.8 Å².